The Morgan fingerprint density at radius 3 is 2.00 bits per heavy atom. The van der Waals surface area contributed by atoms with Crippen molar-refractivity contribution in [3.63, 3.8) is 0 Å². The van der Waals surface area contributed by atoms with Gasteiger partial charge in [0.15, 0.2) is 0 Å². The average molecular weight is 297 g/mol. The van der Waals surface area contributed by atoms with Crippen LogP contribution in [0.15, 0.2) is 48.5 Å². The Bertz CT molecular complexity index is 688. The highest BCUT2D eigenvalue weighted by molar-refractivity contribution is 5.89. The Balaban J connectivity index is 2.06. The highest BCUT2D eigenvalue weighted by Gasteiger charge is 2.05. The third kappa shape index (κ3) is 4.02. The molecule has 0 N–H and O–H groups in total. The van der Waals surface area contributed by atoms with Crippen molar-refractivity contribution in [1.82, 2.24) is 0 Å². The van der Waals surface area contributed by atoms with Crippen molar-refractivity contribution in [2.75, 3.05) is 6.61 Å². The third-order valence-corrected chi connectivity index (χ3v) is 2.99. The highest BCUT2D eigenvalue weighted by Crippen LogP contribution is 2.15. The first-order valence-corrected chi connectivity index (χ1v) is 6.80. The summed E-state index contributed by atoms with van der Waals surface area (Å²) >= 11 is 0. The minimum absolute atomic E-state index is 0.0657. The summed E-state index contributed by atoms with van der Waals surface area (Å²) in [6.45, 7) is 2.11. The second kappa shape index (κ2) is 7.17. The smallest absolute Gasteiger partial charge is 0.338 e. The summed E-state index contributed by atoms with van der Waals surface area (Å²) in [5.41, 5.74) is 2.36. The quantitative estimate of drug-likeness (QED) is 0.363. The summed E-state index contributed by atoms with van der Waals surface area (Å²) in [6.07, 6.45) is 3.72. The van der Waals surface area contributed by atoms with Crippen LogP contribution in [0.4, 0.5) is 5.69 Å². The van der Waals surface area contributed by atoms with Crippen LogP contribution in [0.1, 0.15) is 28.4 Å². The third-order valence-electron chi connectivity index (χ3n) is 2.99. The molecule has 0 saturated carbocycles. The molecule has 0 amide bonds. The van der Waals surface area contributed by atoms with Gasteiger partial charge in [0.1, 0.15) is 0 Å². The Morgan fingerprint density at radius 2 is 1.55 bits per heavy atom. The molecular weight excluding hydrogens is 282 g/mol. The molecule has 2 aromatic carbocycles. The van der Waals surface area contributed by atoms with Crippen LogP contribution in [0.25, 0.3) is 12.2 Å². The van der Waals surface area contributed by atoms with Gasteiger partial charge in [-0.15, -0.1) is 0 Å². The number of hydrogen-bond acceptors (Lipinski definition) is 4. The molecule has 0 atom stereocenters. The fourth-order valence-electron chi connectivity index (χ4n) is 1.84. The first kappa shape index (κ1) is 15.4. The van der Waals surface area contributed by atoms with E-state index in [1.165, 1.54) is 12.1 Å². The molecule has 5 nitrogen and oxygen atoms in total. The number of rotatable bonds is 5. The van der Waals surface area contributed by atoms with E-state index in [4.69, 9.17) is 4.74 Å². The van der Waals surface area contributed by atoms with Crippen molar-refractivity contribution in [1.29, 1.82) is 0 Å². The van der Waals surface area contributed by atoms with Gasteiger partial charge in [0.05, 0.1) is 17.1 Å². The lowest BCUT2D eigenvalue weighted by Gasteiger charge is -2.01. The van der Waals surface area contributed by atoms with Gasteiger partial charge in [0.25, 0.3) is 5.69 Å². The lowest BCUT2D eigenvalue weighted by molar-refractivity contribution is -0.384. The Labute approximate surface area is 128 Å². The Morgan fingerprint density at radius 1 is 1.05 bits per heavy atom. The van der Waals surface area contributed by atoms with E-state index in [9.17, 15) is 14.9 Å². The van der Waals surface area contributed by atoms with Crippen LogP contribution in [0.5, 0.6) is 0 Å². The number of esters is 1. The Hall–Kier alpha value is -2.95. The number of carbonyl (C=O) groups is 1. The van der Waals surface area contributed by atoms with Gasteiger partial charge >= 0.3 is 5.97 Å². The molecule has 0 aliphatic carbocycles. The molecule has 22 heavy (non-hydrogen) atoms. The first-order valence-electron chi connectivity index (χ1n) is 6.80. The molecule has 0 aromatic heterocycles. The fraction of sp³-hybridized carbons (Fsp3) is 0.118. The van der Waals surface area contributed by atoms with Crippen LogP contribution in [0.2, 0.25) is 0 Å². The predicted molar refractivity (Wildman–Crippen MR) is 84.4 cm³/mol. The van der Waals surface area contributed by atoms with Crippen LogP contribution < -0.4 is 0 Å². The topological polar surface area (TPSA) is 69.4 Å². The van der Waals surface area contributed by atoms with Crippen LogP contribution >= 0.6 is 0 Å². The molecule has 0 aliphatic rings. The normalized spacial score (nSPS) is 10.6. The van der Waals surface area contributed by atoms with E-state index in [0.717, 1.165) is 11.1 Å². The van der Waals surface area contributed by atoms with Crippen molar-refractivity contribution in [2.45, 2.75) is 6.92 Å². The molecule has 2 rings (SSSR count). The number of benzene rings is 2. The highest BCUT2D eigenvalue weighted by atomic mass is 16.6. The maximum atomic E-state index is 11.5. The first-order chi connectivity index (χ1) is 10.6. The average Bonchev–Trinajstić information content (AvgIpc) is 2.54. The lowest BCUT2D eigenvalue weighted by atomic mass is 10.1. The number of carbonyl (C=O) groups excluding carboxylic acids is 1. The summed E-state index contributed by atoms with van der Waals surface area (Å²) in [6, 6.07) is 13.3. The van der Waals surface area contributed by atoms with E-state index in [1.807, 2.05) is 24.3 Å². The van der Waals surface area contributed by atoms with Crippen molar-refractivity contribution in [2.24, 2.45) is 0 Å². The molecule has 0 radical (unpaired) electrons. The maximum absolute atomic E-state index is 11.5. The van der Waals surface area contributed by atoms with Crippen LogP contribution in [-0.4, -0.2) is 17.5 Å². The predicted octanol–water partition coefficient (Wildman–Crippen LogP) is 3.94. The van der Waals surface area contributed by atoms with Crippen LogP contribution in [0.3, 0.4) is 0 Å². The van der Waals surface area contributed by atoms with Gasteiger partial charge in [-0.25, -0.2) is 4.79 Å². The number of nitro groups is 1. The van der Waals surface area contributed by atoms with Gasteiger partial charge < -0.3 is 4.74 Å². The number of nitrogens with zero attached hydrogens (tertiary/aromatic N) is 1. The monoisotopic (exact) mass is 297 g/mol. The van der Waals surface area contributed by atoms with Gasteiger partial charge in [0.2, 0.25) is 0 Å². The molecule has 0 fully saturated rings. The molecule has 112 valence electrons. The van der Waals surface area contributed by atoms with Crippen molar-refractivity contribution in [3.8, 4) is 0 Å². The molecule has 0 saturated heterocycles. The van der Waals surface area contributed by atoms with Crippen molar-refractivity contribution < 1.29 is 14.5 Å². The molecule has 2 aromatic rings. The molecule has 0 unspecified atom stereocenters. The SMILES string of the molecule is CCOC(=O)c1ccc(/C=C/c2ccc([N+](=O)[O-])cc2)cc1. The molecular formula is C17H15NO4. The molecule has 5 heteroatoms. The van der Waals surface area contributed by atoms with E-state index in [-0.39, 0.29) is 11.7 Å². The zero-order valence-electron chi connectivity index (χ0n) is 12.1. The summed E-state index contributed by atoms with van der Waals surface area (Å²) in [4.78, 5) is 21.7. The van der Waals surface area contributed by atoms with Crippen molar-refractivity contribution in [3.05, 3.63) is 75.3 Å². The van der Waals surface area contributed by atoms with Gasteiger partial charge in [-0.1, -0.05) is 24.3 Å². The van der Waals surface area contributed by atoms with Crippen LogP contribution in [0, 0.1) is 10.1 Å². The van der Waals surface area contributed by atoms with Gasteiger partial charge in [-0.3, -0.25) is 10.1 Å². The van der Waals surface area contributed by atoms with Gasteiger partial charge in [-0.2, -0.15) is 0 Å². The Kier molecular flexibility index (Phi) is 5.03. The van der Waals surface area contributed by atoms with Crippen LogP contribution in [-0.2, 0) is 4.74 Å². The molecule has 0 aliphatic heterocycles. The van der Waals surface area contributed by atoms with E-state index in [0.29, 0.717) is 12.2 Å². The molecule has 0 spiro atoms. The fourth-order valence-corrected chi connectivity index (χ4v) is 1.84. The maximum Gasteiger partial charge on any atom is 0.338 e. The largest absolute Gasteiger partial charge is 0.462 e. The van der Waals surface area contributed by atoms with Gasteiger partial charge in [-0.05, 0) is 42.3 Å². The van der Waals surface area contributed by atoms with Crippen molar-refractivity contribution >= 4 is 23.8 Å². The summed E-state index contributed by atoms with van der Waals surface area (Å²) < 4.78 is 4.92. The standard InChI is InChI=1S/C17H15NO4/c1-2-22-17(19)15-9-5-13(6-10-15)3-4-14-7-11-16(12-8-14)18(20)21/h3-12H,2H2,1H3/b4-3+. The number of non-ortho nitro benzene ring substituents is 1. The lowest BCUT2D eigenvalue weighted by Crippen LogP contribution is -2.03. The molecule has 0 bridgehead atoms. The van der Waals surface area contributed by atoms with E-state index in [2.05, 4.69) is 0 Å². The minimum Gasteiger partial charge on any atom is -0.462 e. The number of ether oxygens (including phenoxy) is 1. The number of hydrogen-bond donors (Lipinski definition) is 0. The second-order valence-electron chi connectivity index (χ2n) is 4.52. The zero-order chi connectivity index (χ0) is 15.9. The number of nitro benzene ring substituents is 1. The summed E-state index contributed by atoms with van der Waals surface area (Å²) in [7, 11) is 0. The van der Waals surface area contributed by atoms with E-state index in [1.54, 1.807) is 31.2 Å². The van der Waals surface area contributed by atoms with E-state index < -0.39 is 4.92 Å². The zero-order valence-corrected chi connectivity index (χ0v) is 12.1. The summed E-state index contributed by atoms with van der Waals surface area (Å²) in [5.74, 6) is -0.339. The summed E-state index contributed by atoms with van der Waals surface area (Å²) in [5, 5.41) is 10.6. The second-order valence-corrected chi connectivity index (χ2v) is 4.52. The van der Waals surface area contributed by atoms with Gasteiger partial charge in [0, 0.05) is 12.1 Å². The molecule has 0 heterocycles. The van der Waals surface area contributed by atoms with E-state index >= 15 is 0 Å². The minimum atomic E-state index is -0.429.